The fourth-order valence-corrected chi connectivity index (χ4v) is 1.95. The molecule has 0 bridgehead atoms. The van der Waals surface area contributed by atoms with Crippen LogP contribution in [0.25, 0.3) is 0 Å². The quantitative estimate of drug-likeness (QED) is 0.762. The Kier molecular flexibility index (Phi) is 4.00. The number of hydrogen-bond donors (Lipinski definition) is 0. The molecular formula is C14H13BrO. The maximum absolute atomic E-state index is 5.78. The van der Waals surface area contributed by atoms with Crippen LogP contribution >= 0.6 is 15.9 Å². The zero-order chi connectivity index (χ0) is 11.2. The van der Waals surface area contributed by atoms with Crippen molar-refractivity contribution in [1.82, 2.24) is 0 Å². The minimum Gasteiger partial charge on any atom is -0.489 e. The highest BCUT2D eigenvalue weighted by molar-refractivity contribution is 9.08. The van der Waals surface area contributed by atoms with Crippen LogP contribution in [0.1, 0.15) is 11.1 Å². The Bertz CT molecular complexity index is 439. The number of hydrogen-bond acceptors (Lipinski definition) is 1. The molecule has 16 heavy (non-hydrogen) atoms. The Morgan fingerprint density at radius 3 is 2.31 bits per heavy atom. The maximum atomic E-state index is 5.78. The van der Waals surface area contributed by atoms with Gasteiger partial charge in [-0.25, -0.2) is 0 Å². The lowest BCUT2D eigenvalue weighted by Crippen LogP contribution is -1.97. The van der Waals surface area contributed by atoms with E-state index in [4.69, 9.17) is 4.74 Å². The molecule has 0 saturated heterocycles. The van der Waals surface area contributed by atoms with E-state index in [1.54, 1.807) is 0 Å². The molecule has 0 aliphatic carbocycles. The minimum absolute atomic E-state index is 0.616. The van der Waals surface area contributed by atoms with Crippen molar-refractivity contribution in [3.8, 4) is 5.75 Å². The van der Waals surface area contributed by atoms with Gasteiger partial charge in [0.05, 0.1) is 0 Å². The Balaban J connectivity index is 2.05. The first-order valence-electron chi connectivity index (χ1n) is 5.21. The Morgan fingerprint density at radius 2 is 1.56 bits per heavy atom. The fourth-order valence-electron chi connectivity index (χ4n) is 1.49. The number of alkyl halides is 1. The summed E-state index contributed by atoms with van der Waals surface area (Å²) in [4.78, 5) is 0. The molecule has 0 radical (unpaired) electrons. The van der Waals surface area contributed by atoms with Crippen molar-refractivity contribution in [2.45, 2.75) is 11.9 Å². The smallest absolute Gasteiger partial charge is 0.123 e. The van der Waals surface area contributed by atoms with Crippen molar-refractivity contribution in [2.75, 3.05) is 0 Å². The molecule has 2 aromatic rings. The summed E-state index contributed by atoms with van der Waals surface area (Å²) in [6.45, 7) is 0.616. The van der Waals surface area contributed by atoms with Crippen molar-refractivity contribution < 1.29 is 4.74 Å². The van der Waals surface area contributed by atoms with Crippen molar-refractivity contribution in [2.24, 2.45) is 0 Å². The number of ether oxygens (including phenoxy) is 1. The van der Waals surface area contributed by atoms with Gasteiger partial charge in [-0.15, -0.1) is 0 Å². The molecule has 0 aliphatic heterocycles. The first-order valence-corrected chi connectivity index (χ1v) is 6.33. The lowest BCUT2D eigenvalue weighted by atomic mass is 10.2. The van der Waals surface area contributed by atoms with Crippen LogP contribution in [0.4, 0.5) is 0 Å². The van der Waals surface area contributed by atoms with Crippen LogP contribution in [0.5, 0.6) is 5.75 Å². The van der Waals surface area contributed by atoms with E-state index < -0.39 is 0 Å². The zero-order valence-corrected chi connectivity index (χ0v) is 10.5. The van der Waals surface area contributed by atoms with Gasteiger partial charge in [0, 0.05) is 10.9 Å². The fraction of sp³-hybridized carbons (Fsp3) is 0.143. The first-order chi connectivity index (χ1) is 7.90. The molecule has 82 valence electrons. The molecule has 0 aliphatic rings. The molecule has 0 fully saturated rings. The molecular weight excluding hydrogens is 264 g/mol. The van der Waals surface area contributed by atoms with Gasteiger partial charge >= 0.3 is 0 Å². The summed E-state index contributed by atoms with van der Waals surface area (Å²) in [5.41, 5.74) is 2.37. The Labute approximate surface area is 104 Å². The Morgan fingerprint density at radius 1 is 0.875 bits per heavy atom. The van der Waals surface area contributed by atoms with Crippen LogP contribution in [0.15, 0.2) is 54.6 Å². The molecule has 0 aromatic heterocycles. The van der Waals surface area contributed by atoms with Crippen LogP contribution in [-0.2, 0) is 11.9 Å². The standard InChI is InChI=1S/C14H13BrO/c15-10-13-8-4-5-9-14(13)16-11-12-6-2-1-3-7-12/h1-9H,10-11H2. The van der Waals surface area contributed by atoms with Crippen LogP contribution in [-0.4, -0.2) is 0 Å². The highest BCUT2D eigenvalue weighted by atomic mass is 79.9. The van der Waals surface area contributed by atoms with Gasteiger partial charge in [-0.05, 0) is 11.6 Å². The van der Waals surface area contributed by atoms with Crippen LogP contribution in [0.2, 0.25) is 0 Å². The first kappa shape index (κ1) is 11.2. The summed E-state index contributed by atoms with van der Waals surface area (Å²) >= 11 is 3.45. The van der Waals surface area contributed by atoms with Gasteiger partial charge in [0.1, 0.15) is 12.4 Å². The second kappa shape index (κ2) is 5.71. The second-order valence-corrected chi connectivity index (χ2v) is 4.08. The van der Waals surface area contributed by atoms with E-state index in [1.807, 2.05) is 36.4 Å². The summed E-state index contributed by atoms with van der Waals surface area (Å²) in [5.74, 6) is 0.947. The Hall–Kier alpha value is -1.28. The molecule has 0 saturated carbocycles. The van der Waals surface area contributed by atoms with Gasteiger partial charge < -0.3 is 4.74 Å². The number of benzene rings is 2. The molecule has 1 nitrogen and oxygen atoms in total. The van der Waals surface area contributed by atoms with E-state index in [1.165, 1.54) is 11.1 Å². The van der Waals surface area contributed by atoms with Gasteiger partial charge in [0.25, 0.3) is 0 Å². The molecule has 0 spiro atoms. The van der Waals surface area contributed by atoms with E-state index >= 15 is 0 Å². The lowest BCUT2D eigenvalue weighted by Gasteiger charge is -2.09. The van der Waals surface area contributed by atoms with Crippen molar-refractivity contribution >= 4 is 15.9 Å². The van der Waals surface area contributed by atoms with Crippen LogP contribution < -0.4 is 4.74 Å². The monoisotopic (exact) mass is 276 g/mol. The summed E-state index contributed by atoms with van der Waals surface area (Å²) in [7, 11) is 0. The summed E-state index contributed by atoms with van der Waals surface area (Å²) in [6, 6.07) is 18.3. The number of para-hydroxylation sites is 1. The summed E-state index contributed by atoms with van der Waals surface area (Å²) < 4.78 is 5.78. The third kappa shape index (κ3) is 2.86. The van der Waals surface area contributed by atoms with E-state index in [9.17, 15) is 0 Å². The average Bonchev–Trinajstić information content (AvgIpc) is 2.38. The third-order valence-electron chi connectivity index (χ3n) is 2.35. The molecule has 0 N–H and O–H groups in total. The van der Waals surface area contributed by atoms with Gasteiger partial charge in [-0.2, -0.15) is 0 Å². The van der Waals surface area contributed by atoms with E-state index in [0.717, 1.165) is 11.1 Å². The largest absolute Gasteiger partial charge is 0.489 e. The van der Waals surface area contributed by atoms with E-state index in [-0.39, 0.29) is 0 Å². The topological polar surface area (TPSA) is 9.23 Å². The number of halogens is 1. The highest BCUT2D eigenvalue weighted by Crippen LogP contribution is 2.21. The van der Waals surface area contributed by atoms with Gasteiger partial charge in [-0.3, -0.25) is 0 Å². The second-order valence-electron chi connectivity index (χ2n) is 3.52. The van der Waals surface area contributed by atoms with Crippen LogP contribution in [0.3, 0.4) is 0 Å². The van der Waals surface area contributed by atoms with Gasteiger partial charge in [0.2, 0.25) is 0 Å². The van der Waals surface area contributed by atoms with Gasteiger partial charge in [-0.1, -0.05) is 64.5 Å². The average molecular weight is 277 g/mol. The number of rotatable bonds is 4. The van der Waals surface area contributed by atoms with Gasteiger partial charge in [0.15, 0.2) is 0 Å². The molecule has 0 atom stereocenters. The predicted molar refractivity (Wildman–Crippen MR) is 69.8 cm³/mol. The maximum Gasteiger partial charge on any atom is 0.123 e. The third-order valence-corrected chi connectivity index (χ3v) is 2.96. The molecule has 0 amide bonds. The molecule has 2 rings (SSSR count). The summed E-state index contributed by atoms with van der Waals surface area (Å²) in [5, 5.41) is 0.817. The molecule has 2 aromatic carbocycles. The highest BCUT2D eigenvalue weighted by Gasteiger charge is 2.01. The lowest BCUT2D eigenvalue weighted by molar-refractivity contribution is 0.304. The van der Waals surface area contributed by atoms with Crippen molar-refractivity contribution in [3.63, 3.8) is 0 Å². The normalized spacial score (nSPS) is 10.1. The van der Waals surface area contributed by atoms with Crippen molar-refractivity contribution in [1.29, 1.82) is 0 Å². The van der Waals surface area contributed by atoms with Crippen LogP contribution in [0, 0.1) is 0 Å². The van der Waals surface area contributed by atoms with Crippen molar-refractivity contribution in [3.05, 3.63) is 65.7 Å². The molecule has 2 heteroatoms. The van der Waals surface area contributed by atoms with E-state index in [2.05, 4.69) is 34.1 Å². The summed E-state index contributed by atoms with van der Waals surface area (Å²) in [6.07, 6.45) is 0. The zero-order valence-electron chi connectivity index (χ0n) is 8.90. The predicted octanol–water partition coefficient (Wildman–Crippen LogP) is 4.16. The minimum atomic E-state index is 0.616. The SMILES string of the molecule is BrCc1ccccc1OCc1ccccc1. The molecule has 0 heterocycles. The van der Waals surface area contributed by atoms with E-state index in [0.29, 0.717) is 6.61 Å². The molecule has 0 unspecified atom stereocenters.